The highest BCUT2D eigenvalue weighted by Crippen LogP contribution is 2.42. The summed E-state index contributed by atoms with van der Waals surface area (Å²) in [5.41, 5.74) is 7.79. The molecular weight excluding hydrogens is 692 g/mol. The van der Waals surface area contributed by atoms with Gasteiger partial charge in [-0.05, 0) is 17.7 Å². The molecule has 2 saturated heterocycles. The SMILES string of the molecule is C#CC(O/N=C\C(=O)NC1C(=O)N2C(C(=O)O)=C(CSc3cc[n+](CC=C)c4cc(N5CCNCC5)c(F)cc34)CSC12)c1csc(N)n1. The first kappa shape index (κ1) is 34.2. The Bertz CT molecular complexity index is 1920. The van der Waals surface area contributed by atoms with E-state index in [-0.39, 0.29) is 17.3 Å². The molecule has 3 unspecified atom stereocenters. The Hall–Kier alpha value is -4.63. The molecule has 17 heteroatoms. The highest BCUT2D eigenvalue weighted by molar-refractivity contribution is 8.01. The van der Waals surface area contributed by atoms with E-state index in [1.807, 2.05) is 27.8 Å². The maximum atomic E-state index is 15.5. The van der Waals surface area contributed by atoms with Crippen molar-refractivity contribution in [3.63, 3.8) is 0 Å². The number of thioether (sulfide) groups is 2. The summed E-state index contributed by atoms with van der Waals surface area (Å²) < 4.78 is 17.5. The van der Waals surface area contributed by atoms with E-state index in [9.17, 15) is 19.5 Å². The van der Waals surface area contributed by atoms with Crippen LogP contribution in [0.1, 0.15) is 11.8 Å². The number of piperazine rings is 1. The topological polar surface area (TPSA) is 166 Å². The van der Waals surface area contributed by atoms with Gasteiger partial charge in [-0.1, -0.05) is 17.7 Å². The van der Waals surface area contributed by atoms with Crippen LogP contribution in [0.25, 0.3) is 10.9 Å². The maximum Gasteiger partial charge on any atom is 0.352 e. The zero-order chi connectivity index (χ0) is 34.7. The summed E-state index contributed by atoms with van der Waals surface area (Å²) in [7, 11) is 0. The van der Waals surface area contributed by atoms with E-state index in [1.54, 1.807) is 11.5 Å². The van der Waals surface area contributed by atoms with Gasteiger partial charge >= 0.3 is 5.97 Å². The number of aliphatic carboxylic acids is 1. The summed E-state index contributed by atoms with van der Waals surface area (Å²) in [5.74, 6) is 0.0824. The smallest absolute Gasteiger partial charge is 0.352 e. The van der Waals surface area contributed by atoms with Crippen LogP contribution in [0.3, 0.4) is 0 Å². The number of aromatic nitrogens is 2. The third kappa shape index (κ3) is 7.08. The number of nitrogens with zero attached hydrogens (tertiary/aromatic N) is 5. The molecule has 3 atom stereocenters. The number of carbonyl (C=O) groups is 3. The molecule has 254 valence electrons. The summed E-state index contributed by atoms with van der Waals surface area (Å²) in [6.45, 7) is 7.32. The Kier molecular flexibility index (Phi) is 10.4. The molecule has 3 aliphatic rings. The zero-order valence-electron chi connectivity index (χ0n) is 26.0. The molecule has 3 aromatic rings. The summed E-state index contributed by atoms with van der Waals surface area (Å²) in [6.07, 6.45) is 9.03. The summed E-state index contributed by atoms with van der Waals surface area (Å²) in [5, 5.41) is 21.6. The summed E-state index contributed by atoms with van der Waals surface area (Å²) >= 11 is 3.90. The number of hydrogen-bond donors (Lipinski definition) is 4. The number of allylic oxidation sites excluding steroid dienone is 1. The molecule has 2 amide bonds. The van der Waals surface area contributed by atoms with Gasteiger partial charge in [0.05, 0.1) is 11.1 Å². The number of β-lactam (4-membered cyclic amide) rings is 1. The Labute approximate surface area is 293 Å². The van der Waals surface area contributed by atoms with Gasteiger partial charge in [-0.15, -0.1) is 41.3 Å². The van der Waals surface area contributed by atoms with Crippen LogP contribution in [-0.4, -0.2) is 88.1 Å². The lowest BCUT2D eigenvalue weighted by atomic mass is 10.0. The first-order chi connectivity index (χ1) is 23.7. The predicted octanol–water partition coefficient (Wildman–Crippen LogP) is 2.11. The van der Waals surface area contributed by atoms with Crippen LogP contribution in [0.15, 0.2) is 63.8 Å². The van der Waals surface area contributed by atoms with Gasteiger partial charge in [0.15, 0.2) is 17.9 Å². The molecule has 0 aliphatic carbocycles. The second kappa shape index (κ2) is 14.9. The Morgan fingerprint density at radius 1 is 1.41 bits per heavy atom. The van der Waals surface area contributed by atoms with Crippen LogP contribution in [0.5, 0.6) is 0 Å². The predicted molar refractivity (Wildman–Crippen MR) is 187 cm³/mol. The van der Waals surface area contributed by atoms with Crippen LogP contribution < -0.4 is 25.8 Å². The first-order valence-corrected chi connectivity index (χ1v) is 18.0. The molecular formula is C32H32FN8O5S3+. The molecule has 0 spiro atoms. The number of nitrogens with two attached hydrogens (primary N) is 1. The van der Waals surface area contributed by atoms with E-state index >= 15 is 4.39 Å². The van der Waals surface area contributed by atoms with E-state index in [4.69, 9.17) is 17.0 Å². The second-order valence-corrected chi connectivity index (χ2v) is 14.1. The standard InChI is InChI=1S/C32H31FN8O5S3/c1-3-8-39-9-5-25(19-12-20(33)23(13-22(19)39)40-10-6-35-7-11-40)47-15-18-16-48-30-27(29(43)41(30)28(18)31(44)45)38-26(42)14-36-46-24(4-2)21-17-49-32(34)37-21/h2-3,5,9,12-14,17,24,27,30,35H,1,6-8,10-11,15-16H2,(H3-,34,37,38,42,44,45)/p+1/b36-14-. The van der Waals surface area contributed by atoms with Gasteiger partial charge in [0.2, 0.25) is 11.6 Å². The third-order valence-electron chi connectivity index (χ3n) is 8.07. The third-order valence-corrected chi connectivity index (χ3v) is 11.3. The van der Waals surface area contributed by atoms with Gasteiger partial charge in [-0.3, -0.25) is 14.5 Å². The van der Waals surface area contributed by atoms with E-state index in [2.05, 4.69) is 33.3 Å². The normalized spacial score (nSPS) is 19.7. The summed E-state index contributed by atoms with van der Waals surface area (Å²) in [4.78, 5) is 51.4. The van der Waals surface area contributed by atoms with Gasteiger partial charge in [0, 0.05) is 60.1 Å². The molecule has 5 heterocycles. The van der Waals surface area contributed by atoms with Gasteiger partial charge < -0.3 is 31.2 Å². The fraction of sp³-hybridized carbons (Fsp3) is 0.312. The lowest BCUT2D eigenvalue weighted by Crippen LogP contribution is -2.70. The highest BCUT2D eigenvalue weighted by Gasteiger charge is 2.54. The molecule has 3 aliphatic heterocycles. The largest absolute Gasteiger partial charge is 0.477 e. The van der Waals surface area contributed by atoms with E-state index in [1.165, 1.54) is 45.8 Å². The van der Waals surface area contributed by atoms with Crippen LogP contribution >= 0.6 is 34.9 Å². The number of oxime groups is 1. The number of pyridine rings is 1. The molecule has 0 saturated carbocycles. The van der Waals surface area contributed by atoms with Crippen molar-refractivity contribution in [2.75, 3.05) is 48.3 Å². The molecule has 0 radical (unpaired) electrons. The van der Waals surface area contributed by atoms with Crippen molar-refractivity contribution in [3.8, 4) is 12.3 Å². The molecule has 49 heavy (non-hydrogen) atoms. The number of carboxylic acid groups (broad SMARTS) is 1. The van der Waals surface area contributed by atoms with Crippen molar-refractivity contribution in [2.45, 2.75) is 29.0 Å². The monoisotopic (exact) mass is 723 g/mol. The quantitative estimate of drug-likeness (QED) is 0.0411. The minimum Gasteiger partial charge on any atom is -0.477 e. The molecule has 6 rings (SSSR count). The zero-order valence-corrected chi connectivity index (χ0v) is 28.5. The van der Waals surface area contributed by atoms with Crippen molar-refractivity contribution >= 4 is 80.6 Å². The van der Waals surface area contributed by atoms with Gasteiger partial charge in [-0.2, -0.15) is 4.57 Å². The molecule has 0 bridgehead atoms. The molecule has 1 aromatic carbocycles. The number of anilines is 2. The number of nitrogen functional groups attached to an aromatic ring is 1. The number of halogens is 1. The van der Waals surface area contributed by atoms with Gasteiger partial charge in [0.25, 0.3) is 11.8 Å². The van der Waals surface area contributed by atoms with Crippen LogP contribution in [0.4, 0.5) is 15.2 Å². The minimum atomic E-state index is -1.24. The number of fused-ring (bicyclic) bond motifs is 2. The molecule has 2 fully saturated rings. The first-order valence-electron chi connectivity index (χ1n) is 15.1. The fourth-order valence-corrected chi connectivity index (χ4v) is 8.86. The number of rotatable bonds is 12. The lowest BCUT2D eigenvalue weighted by molar-refractivity contribution is -0.661. The lowest BCUT2D eigenvalue weighted by Gasteiger charge is -2.49. The van der Waals surface area contributed by atoms with Crippen molar-refractivity contribution < 1.29 is 33.3 Å². The number of thiazole rings is 1. The second-order valence-electron chi connectivity index (χ2n) is 11.1. The van der Waals surface area contributed by atoms with Gasteiger partial charge in [0.1, 0.15) is 34.8 Å². The van der Waals surface area contributed by atoms with Gasteiger partial charge in [-0.25, -0.2) is 14.2 Å². The van der Waals surface area contributed by atoms with E-state index in [0.29, 0.717) is 52.9 Å². The molecule has 5 N–H and O–H groups in total. The number of amides is 2. The number of hydrogen-bond acceptors (Lipinski definition) is 12. The average molecular weight is 724 g/mol. The maximum absolute atomic E-state index is 15.5. The minimum absolute atomic E-state index is 0.114. The molecule has 2 aromatic heterocycles. The Morgan fingerprint density at radius 2 is 2.20 bits per heavy atom. The Morgan fingerprint density at radius 3 is 2.90 bits per heavy atom. The van der Waals surface area contributed by atoms with Crippen molar-refractivity contribution in [1.29, 1.82) is 0 Å². The highest BCUT2D eigenvalue weighted by atomic mass is 32.2. The number of carboxylic acids is 1. The number of benzene rings is 1. The van der Waals surface area contributed by atoms with Crippen molar-refractivity contribution in [3.05, 3.63) is 65.2 Å². The van der Waals surface area contributed by atoms with E-state index in [0.717, 1.165) is 29.7 Å². The average Bonchev–Trinajstić information content (AvgIpc) is 3.54. The number of nitrogens with one attached hydrogen (secondary N) is 2. The van der Waals surface area contributed by atoms with Crippen molar-refractivity contribution in [2.24, 2.45) is 5.16 Å². The fourth-order valence-electron chi connectivity index (χ4n) is 5.77. The molecule has 13 nitrogen and oxygen atoms in total. The van der Waals surface area contributed by atoms with Crippen molar-refractivity contribution in [1.82, 2.24) is 20.5 Å². The summed E-state index contributed by atoms with van der Waals surface area (Å²) in [6, 6.07) is 4.32. The Balaban J connectivity index is 1.15. The number of terminal acetylenes is 1. The van der Waals surface area contributed by atoms with E-state index < -0.39 is 35.3 Å². The number of carbonyl (C=O) groups excluding carboxylic acids is 2. The van der Waals surface area contributed by atoms with Crippen LogP contribution in [0, 0.1) is 18.2 Å². The van der Waals surface area contributed by atoms with Crippen LogP contribution in [-0.2, 0) is 25.8 Å². The van der Waals surface area contributed by atoms with Crippen LogP contribution in [0.2, 0.25) is 0 Å².